The number of carbonyl (C=O) groups is 2. The summed E-state index contributed by atoms with van der Waals surface area (Å²) in [5, 5.41) is 13.0. The van der Waals surface area contributed by atoms with Crippen LogP contribution in [0.25, 0.3) is 10.9 Å². The summed E-state index contributed by atoms with van der Waals surface area (Å²) >= 11 is 0. The van der Waals surface area contributed by atoms with Crippen molar-refractivity contribution in [1.82, 2.24) is 10.3 Å². The van der Waals surface area contributed by atoms with Gasteiger partial charge in [0.05, 0.1) is 6.07 Å². The van der Waals surface area contributed by atoms with Crippen LogP contribution in [0.4, 0.5) is 0 Å². The van der Waals surface area contributed by atoms with Crippen molar-refractivity contribution in [2.75, 3.05) is 0 Å². The molecule has 0 aliphatic heterocycles. The van der Waals surface area contributed by atoms with Crippen molar-refractivity contribution in [3.63, 3.8) is 0 Å². The summed E-state index contributed by atoms with van der Waals surface area (Å²) in [4.78, 5) is 27.7. The lowest BCUT2D eigenvalue weighted by Crippen LogP contribution is -2.34. The van der Waals surface area contributed by atoms with Gasteiger partial charge in [0.1, 0.15) is 0 Å². The van der Waals surface area contributed by atoms with Crippen LogP contribution in [0.15, 0.2) is 60.8 Å². The normalized spacial score (nSPS) is 11.7. The van der Waals surface area contributed by atoms with Crippen LogP contribution in [-0.2, 0) is 22.6 Å². The lowest BCUT2D eigenvalue weighted by molar-refractivity contribution is -0.131. The number of aryl methyl sites for hydroxylation is 1. The van der Waals surface area contributed by atoms with Crippen molar-refractivity contribution in [3.05, 3.63) is 71.9 Å². The van der Waals surface area contributed by atoms with Crippen LogP contribution in [0.1, 0.15) is 17.5 Å². The Bertz CT molecular complexity index is 954. The number of rotatable bonds is 7. The van der Waals surface area contributed by atoms with E-state index in [1.807, 2.05) is 66.9 Å². The fraction of sp³-hybridized carbons (Fsp3) is 0.190. The van der Waals surface area contributed by atoms with Crippen molar-refractivity contribution >= 4 is 22.6 Å². The lowest BCUT2D eigenvalue weighted by atomic mass is 9.98. The largest absolute Gasteiger partial charge is 0.361 e. The van der Waals surface area contributed by atoms with Crippen LogP contribution in [0.5, 0.6) is 0 Å². The van der Waals surface area contributed by atoms with Crippen molar-refractivity contribution in [2.24, 2.45) is 5.92 Å². The summed E-state index contributed by atoms with van der Waals surface area (Å²) < 4.78 is 0. The number of benzene rings is 2. The van der Waals surface area contributed by atoms with E-state index in [1.54, 1.807) is 0 Å². The highest BCUT2D eigenvalue weighted by Crippen LogP contribution is 2.19. The van der Waals surface area contributed by atoms with Gasteiger partial charge in [-0.15, -0.1) is 0 Å². The number of fused-ring (bicyclic) bond motifs is 1. The Morgan fingerprint density at radius 1 is 1.08 bits per heavy atom. The fourth-order valence-electron chi connectivity index (χ4n) is 2.90. The van der Waals surface area contributed by atoms with Crippen LogP contribution in [0, 0.1) is 17.2 Å². The maximum atomic E-state index is 12.4. The minimum atomic E-state index is -1.27. The number of H-pyrrole nitrogens is 1. The number of hydrogen-bond donors (Lipinski definition) is 2. The highest BCUT2D eigenvalue weighted by molar-refractivity contribution is 6.04. The highest BCUT2D eigenvalue weighted by Gasteiger charge is 2.25. The maximum Gasteiger partial charge on any atom is 0.245 e. The highest BCUT2D eigenvalue weighted by atomic mass is 16.2. The first kappa shape index (κ1) is 17.4. The molecule has 1 heterocycles. The van der Waals surface area contributed by atoms with Gasteiger partial charge < -0.3 is 10.3 Å². The molecule has 1 atom stereocenters. The molecule has 3 rings (SSSR count). The van der Waals surface area contributed by atoms with Gasteiger partial charge in [-0.05, 0) is 23.6 Å². The van der Waals surface area contributed by atoms with Gasteiger partial charge in [-0.25, -0.2) is 0 Å². The number of carbonyl (C=O) groups excluding carboxylic acids is 2. The van der Waals surface area contributed by atoms with Gasteiger partial charge in [0, 0.05) is 30.1 Å². The monoisotopic (exact) mass is 345 g/mol. The molecule has 0 radical (unpaired) electrons. The number of Topliss-reactive ketones (excluding diaryl/α,β-unsaturated/α-hetero) is 1. The molecule has 0 fully saturated rings. The van der Waals surface area contributed by atoms with E-state index in [1.165, 1.54) is 0 Å². The summed E-state index contributed by atoms with van der Waals surface area (Å²) in [7, 11) is 0. The van der Waals surface area contributed by atoms with E-state index in [9.17, 15) is 14.9 Å². The molecule has 0 bridgehead atoms. The van der Waals surface area contributed by atoms with Crippen LogP contribution in [0.3, 0.4) is 0 Å². The molecular formula is C21H19N3O2. The first-order valence-corrected chi connectivity index (χ1v) is 8.48. The Kier molecular flexibility index (Phi) is 5.45. The fourth-order valence-corrected chi connectivity index (χ4v) is 2.90. The van der Waals surface area contributed by atoms with Gasteiger partial charge in [0.25, 0.3) is 0 Å². The number of aromatic amines is 1. The van der Waals surface area contributed by atoms with Crippen LogP contribution in [0.2, 0.25) is 0 Å². The number of nitriles is 1. The van der Waals surface area contributed by atoms with Crippen LogP contribution in [-0.4, -0.2) is 16.7 Å². The molecule has 0 aliphatic rings. The Morgan fingerprint density at radius 3 is 2.58 bits per heavy atom. The summed E-state index contributed by atoms with van der Waals surface area (Å²) in [6, 6.07) is 19.1. The van der Waals surface area contributed by atoms with E-state index in [0.29, 0.717) is 13.0 Å². The number of hydrogen-bond acceptors (Lipinski definition) is 3. The topological polar surface area (TPSA) is 85.8 Å². The van der Waals surface area contributed by atoms with Crippen LogP contribution >= 0.6 is 0 Å². The predicted octanol–water partition coefficient (Wildman–Crippen LogP) is 3.13. The van der Waals surface area contributed by atoms with E-state index in [-0.39, 0.29) is 12.2 Å². The third-order valence-corrected chi connectivity index (χ3v) is 4.34. The molecule has 0 spiro atoms. The molecule has 5 nitrogen and oxygen atoms in total. The molecule has 130 valence electrons. The van der Waals surface area contributed by atoms with Crippen molar-refractivity contribution in [1.29, 1.82) is 5.26 Å². The minimum absolute atomic E-state index is 0.152. The van der Waals surface area contributed by atoms with Gasteiger partial charge in [-0.1, -0.05) is 48.5 Å². The number of ketones is 1. The molecular weight excluding hydrogens is 326 g/mol. The van der Waals surface area contributed by atoms with Crippen molar-refractivity contribution in [3.8, 4) is 6.07 Å². The van der Waals surface area contributed by atoms with Gasteiger partial charge in [-0.2, -0.15) is 5.26 Å². The molecule has 1 amide bonds. The quantitative estimate of drug-likeness (QED) is 0.645. The minimum Gasteiger partial charge on any atom is -0.361 e. The second-order valence-corrected chi connectivity index (χ2v) is 6.09. The zero-order valence-corrected chi connectivity index (χ0v) is 14.2. The summed E-state index contributed by atoms with van der Waals surface area (Å²) in [5.74, 6) is -2.17. The van der Waals surface area contributed by atoms with E-state index in [2.05, 4.69) is 10.3 Å². The zero-order valence-electron chi connectivity index (χ0n) is 14.2. The number of amides is 1. The number of nitrogens with one attached hydrogen (secondary N) is 2. The number of aromatic nitrogens is 1. The molecule has 0 saturated heterocycles. The zero-order chi connectivity index (χ0) is 18.4. The third-order valence-electron chi connectivity index (χ3n) is 4.34. The molecule has 2 N–H and O–H groups in total. The van der Waals surface area contributed by atoms with Gasteiger partial charge in [0.15, 0.2) is 11.7 Å². The first-order chi connectivity index (χ1) is 12.7. The molecule has 1 aromatic heterocycles. The molecule has 5 heteroatoms. The average molecular weight is 345 g/mol. The Labute approximate surface area is 151 Å². The summed E-state index contributed by atoms with van der Waals surface area (Å²) in [6.45, 7) is 0.299. The van der Waals surface area contributed by atoms with E-state index < -0.39 is 11.8 Å². The van der Waals surface area contributed by atoms with Gasteiger partial charge in [-0.3, -0.25) is 9.59 Å². The third kappa shape index (κ3) is 3.98. The molecule has 3 aromatic rings. The van der Waals surface area contributed by atoms with Gasteiger partial charge >= 0.3 is 0 Å². The SMILES string of the molecule is N#CC(C(=O)CCc1c[nH]c2ccccc12)C(=O)NCc1ccccc1. The second-order valence-electron chi connectivity index (χ2n) is 6.09. The smallest absolute Gasteiger partial charge is 0.245 e. The molecule has 1 unspecified atom stereocenters. The van der Waals surface area contributed by atoms with E-state index in [4.69, 9.17) is 0 Å². The lowest BCUT2D eigenvalue weighted by Gasteiger charge is -2.09. The number of nitrogens with zero attached hydrogens (tertiary/aromatic N) is 1. The Balaban J connectivity index is 1.58. The predicted molar refractivity (Wildman–Crippen MR) is 99.0 cm³/mol. The Hall–Kier alpha value is -3.39. The van der Waals surface area contributed by atoms with Crippen molar-refractivity contribution < 1.29 is 9.59 Å². The number of para-hydroxylation sites is 1. The maximum absolute atomic E-state index is 12.4. The first-order valence-electron chi connectivity index (χ1n) is 8.48. The van der Waals surface area contributed by atoms with E-state index >= 15 is 0 Å². The van der Waals surface area contributed by atoms with E-state index in [0.717, 1.165) is 22.0 Å². The molecule has 0 saturated carbocycles. The van der Waals surface area contributed by atoms with Crippen molar-refractivity contribution in [2.45, 2.75) is 19.4 Å². The Morgan fingerprint density at radius 2 is 1.81 bits per heavy atom. The summed E-state index contributed by atoms with van der Waals surface area (Å²) in [6.07, 6.45) is 2.51. The van der Waals surface area contributed by atoms with Gasteiger partial charge in [0.2, 0.25) is 5.91 Å². The van der Waals surface area contributed by atoms with Crippen LogP contribution < -0.4 is 5.32 Å². The average Bonchev–Trinajstić information content (AvgIpc) is 3.09. The summed E-state index contributed by atoms with van der Waals surface area (Å²) in [5.41, 5.74) is 2.94. The standard InChI is InChI=1S/C21H19N3O2/c22-12-18(21(26)24-13-15-6-2-1-3-7-15)20(25)11-10-16-14-23-19-9-5-4-8-17(16)19/h1-9,14,18,23H,10-11,13H2,(H,24,26). The molecule has 26 heavy (non-hydrogen) atoms. The molecule has 0 aliphatic carbocycles. The second kappa shape index (κ2) is 8.13. The molecule has 2 aromatic carbocycles.